The molecule has 0 bridgehead atoms. The summed E-state index contributed by atoms with van der Waals surface area (Å²) in [5.41, 5.74) is 2.52. The lowest BCUT2D eigenvalue weighted by atomic mass is 9.88. The average Bonchev–Trinajstić information content (AvgIpc) is 2.90. The second-order valence-corrected chi connectivity index (χ2v) is 9.51. The van der Waals surface area contributed by atoms with Crippen LogP contribution in [0.5, 0.6) is 0 Å². The van der Waals surface area contributed by atoms with E-state index in [0.717, 1.165) is 49.0 Å². The molecule has 0 aliphatic heterocycles. The zero-order valence-electron chi connectivity index (χ0n) is 18.5. The van der Waals surface area contributed by atoms with Crippen LogP contribution in [0, 0.1) is 0 Å². The number of hydrogen-bond acceptors (Lipinski definition) is 2. The molecule has 3 heteroatoms. The molecule has 0 saturated carbocycles. The van der Waals surface area contributed by atoms with E-state index >= 15 is 0 Å². The highest BCUT2D eigenvalue weighted by atomic mass is 16.1. The number of benzene rings is 7. The van der Waals surface area contributed by atoms with Crippen LogP contribution in [0.25, 0.3) is 81.3 Å². The Labute approximate surface area is 198 Å². The molecule has 2 heterocycles. The van der Waals surface area contributed by atoms with Crippen LogP contribution in [-0.2, 0) is 0 Å². The molecule has 2 aromatic heterocycles. The van der Waals surface area contributed by atoms with Crippen molar-refractivity contribution in [1.29, 1.82) is 0 Å². The monoisotopic (exact) mass is 444 g/mol. The Kier molecular flexibility index (Phi) is 2.95. The van der Waals surface area contributed by atoms with Crippen molar-refractivity contribution in [1.82, 2.24) is 9.38 Å². The van der Waals surface area contributed by atoms with Gasteiger partial charge in [-0.2, -0.15) is 0 Å². The maximum Gasteiger partial charge on any atom is 0.264 e. The van der Waals surface area contributed by atoms with Gasteiger partial charge in [0, 0.05) is 21.5 Å². The summed E-state index contributed by atoms with van der Waals surface area (Å²) < 4.78 is 1.81. The number of nitrogens with zero attached hydrogens (tertiary/aromatic N) is 2. The van der Waals surface area contributed by atoms with E-state index in [1.807, 2.05) is 34.7 Å². The van der Waals surface area contributed by atoms with Crippen LogP contribution in [0.15, 0.2) is 102 Å². The number of pyridine rings is 1. The number of fused-ring (bicyclic) bond motifs is 5. The quantitative estimate of drug-likeness (QED) is 0.178. The lowest BCUT2D eigenvalue weighted by molar-refractivity contribution is 1.15. The van der Waals surface area contributed by atoms with Crippen LogP contribution in [0.2, 0.25) is 0 Å². The normalized spacial score (nSPS) is 12.7. The summed E-state index contributed by atoms with van der Waals surface area (Å²) in [5, 5.41) is 13.4. The molecule has 0 fully saturated rings. The van der Waals surface area contributed by atoms with E-state index in [4.69, 9.17) is 4.98 Å². The summed E-state index contributed by atoms with van der Waals surface area (Å²) in [6.07, 6.45) is 0. The third-order valence-corrected chi connectivity index (χ3v) is 7.86. The third kappa shape index (κ3) is 1.96. The molecule has 3 nitrogen and oxygen atoms in total. The summed E-state index contributed by atoms with van der Waals surface area (Å²) in [6.45, 7) is 0. The fraction of sp³-hybridized carbons (Fsp3) is 0. The van der Waals surface area contributed by atoms with Gasteiger partial charge in [-0.05, 0) is 67.4 Å². The number of hydrogen-bond donors (Lipinski definition) is 0. The van der Waals surface area contributed by atoms with Gasteiger partial charge in [0.2, 0.25) is 0 Å². The Bertz CT molecular complexity index is 2340. The molecule has 0 spiro atoms. The highest BCUT2D eigenvalue weighted by molar-refractivity contribution is 6.37. The predicted molar refractivity (Wildman–Crippen MR) is 146 cm³/mol. The standard InChI is InChI=1S/C32H16N2O/c35-32-24-16-14-22-20-10-2-6-17-5-1-9-19(27(17)20)21-13-15-23(30(24)29(21)22)31-33-25-11-3-7-18-8-4-12-26(28(18)25)34(31)32/h1-16H. The van der Waals surface area contributed by atoms with Crippen molar-refractivity contribution in [3.8, 4) is 0 Å². The first-order chi connectivity index (χ1) is 17.3. The topological polar surface area (TPSA) is 34.4 Å². The van der Waals surface area contributed by atoms with Gasteiger partial charge < -0.3 is 0 Å². The summed E-state index contributed by atoms with van der Waals surface area (Å²) in [5.74, 6) is 0. The Morgan fingerprint density at radius 3 is 1.77 bits per heavy atom. The van der Waals surface area contributed by atoms with Crippen molar-refractivity contribution in [2.75, 3.05) is 0 Å². The summed E-state index contributed by atoms with van der Waals surface area (Å²) in [7, 11) is 0. The lowest BCUT2D eigenvalue weighted by Crippen LogP contribution is -2.16. The van der Waals surface area contributed by atoms with E-state index in [9.17, 15) is 4.79 Å². The van der Waals surface area contributed by atoms with Gasteiger partial charge in [-0.25, -0.2) is 4.98 Å². The van der Waals surface area contributed by atoms with Gasteiger partial charge in [0.15, 0.2) is 0 Å². The molecule has 9 aromatic rings. The fourth-order valence-electron chi connectivity index (χ4n) is 6.46. The molecule has 160 valence electrons. The molecule has 0 amide bonds. The zero-order chi connectivity index (χ0) is 22.8. The summed E-state index contributed by atoms with van der Waals surface area (Å²) >= 11 is 0. The van der Waals surface area contributed by atoms with Crippen LogP contribution >= 0.6 is 0 Å². The van der Waals surface area contributed by atoms with Crippen LogP contribution in [0.4, 0.5) is 0 Å². The molecular formula is C32H16N2O. The highest BCUT2D eigenvalue weighted by Gasteiger charge is 2.20. The van der Waals surface area contributed by atoms with Gasteiger partial charge in [-0.3, -0.25) is 9.20 Å². The van der Waals surface area contributed by atoms with Crippen LogP contribution in [0.3, 0.4) is 0 Å². The van der Waals surface area contributed by atoms with Crippen LogP contribution in [-0.4, -0.2) is 9.38 Å². The van der Waals surface area contributed by atoms with Gasteiger partial charge in [-0.1, -0.05) is 72.8 Å². The molecule has 0 radical (unpaired) electrons. The second-order valence-electron chi connectivity index (χ2n) is 9.51. The SMILES string of the molecule is O=c1c2ccc3c4cccc5cccc(c6ccc(c2c36)c2nc3cccc6cccc(c63)n12)c54. The van der Waals surface area contributed by atoms with Gasteiger partial charge in [0.1, 0.15) is 5.65 Å². The van der Waals surface area contributed by atoms with Crippen molar-refractivity contribution in [3.05, 3.63) is 107 Å². The van der Waals surface area contributed by atoms with Gasteiger partial charge >= 0.3 is 0 Å². The van der Waals surface area contributed by atoms with Crippen LogP contribution < -0.4 is 5.56 Å². The average molecular weight is 444 g/mol. The molecule has 0 N–H and O–H groups in total. The maximum atomic E-state index is 14.1. The largest absolute Gasteiger partial charge is 0.268 e. The van der Waals surface area contributed by atoms with Crippen molar-refractivity contribution in [2.24, 2.45) is 0 Å². The molecule has 35 heavy (non-hydrogen) atoms. The molecule has 0 aliphatic rings. The zero-order valence-corrected chi connectivity index (χ0v) is 18.5. The van der Waals surface area contributed by atoms with Gasteiger partial charge in [-0.15, -0.1) is 0 Å². The first-order valence-electron chi connectivity index (χ1n) is 11.9. The van der Waals surface area contributed by atoms with Crippen molar-refractivity contribution in [2.45, 2.75) is 0 Å². The first kappa shape index (κ1) is 17.7. The van der Waals surface area contributed by atoms with E-state index in [2.05, 4.69) is 66.7 Å². The minimum absolute atomic E-state index is 0.0148. The van der Waals surface area contributed by atoms with Crippen molar-refractivity contribution in [3.63, 3.8) is 0 Å². The molecular weight excluding hydrogens is 428 g/mol. The number of aromatic nitrogens is 2. The molecule has 7 aromatic carbocycles. The second kappa shape index (κ2) is 5.83. The highest BCUT2D eigenvalue weighted by Crippen LogP contribution is 2.43. The Balaban J connectivity index is 1.64. The molecule has 0 aliphatic carbocycles. The smallest absolute Gasteiger partial charge is 0.264 e. The van der Waals surface area contributed by atoms with Gasteiger partial charge in [0.05, 0.1) is 11.0 Å². The van der Waals surface area contributed by atoms with Crippen molar-refractivity contribution < 1.29 is 0 Å². The minimum atomic E-state index is -0.0148. The maximum absolute atomic E-state index is 14.1. The van der Waals surface area contributed by atoms with E-state index in [1.165, 1.54) is 32.3 Å². The van der Waals surface area contributed by atoms with E-state index in [-0.39, 0.29) is 5.56 Å². The van der Waals surface area contributed by atoms with E-state index in [1.54, 1.807) is 0 Å². The third-order valence-electron chi connectivity index (χ3n) is 7.86. The number of rotatable bonds is 0. The fourth-order valence-corrected chi connectivity index (χ4v) is 6.46. The predicted octanol–water partition coefficient (Wildman–Crippen LogP) is 7.64. The Hall–Kier alpha value is -4.76. The summed E-state index contributed by atoms with van der Waals surface area (Å²) in [6, 6.07) is 33.8. The van der Waals surface area contributed by atoms with E-state index < -0.39 is 0 Å². The summed E-state index contributed by atoms with van der Waals surface area (Å²) in [4.78, 5) is 19.2. The van der Waals surface area contributed by atoms with Crippen LogP contribution in [0.1, 0.15) is 0 Å². The molecule has 0 atom stereocenters. The van der Waals surface area contributed by atoms with Gasteiger partial charge in [0.25, 0.3) is 5.56 Å². The first-order valence-corrected chi connectivity index (χ1v) is 11.9. The Morgan fingerprint density at radius 2 is 1.03 bits per heavy atom. The molecule has 9 rings (SSSR count). The van der Waals surface area contributed by atoms with Crippen molar-refractivity contribution >= 4 is 81.3 Å². The minimum Gasteiger partial charge on any atom is -0.268 e. The Morgan fingerprint density at radius 1 is 0.486 bits per heavy atom. The van der Waals surface area contributed by atoms with E-state index in [0.29, 0.717) is 0 Å². The molecule has 0 unspecified atom stereocenters. The molecule has 0 saturated heterocycles. The lowest BCUT2D eigenvalue weighted by Gasteiger charge is -2.18.